The molecule has 0 N–H and O–H groups in total. The zero-order valence-corrected chi connectivity index (χ0v) is 14.9. The Hall–Kier alpha value is -3.46. The van der Waals surface area contributed by atoms with Gasteiger partial charge in [0.05, 0.1) is 28.0 Å². The van der Waals surface area contributed by atoms with E-state index < -0.39 is 14.9 Å². The predicted molar refractivity (Wildman–Crippen MR) is 99.5 cm³/mol. The van der Waals surface area contributed by atoms with Crippen LogP contribution >= 0.6 is 0 Å². The molecule has 0 amide bonds. The van der Waals surface area contributed by atoms with Gasteiger partial charge in [0.25, 0.3) is 15.7 Å². The lowest BCUT2D eigenvalue weighted by molar-refractivity contribution is -0.384. The summed E-state index contributed by atoms with van der Waals surface area (Å²) in [6.07, 6.45) is 1.16. The van der Waals surface area contributed by atoms with E-state index in [9.17, 15) is 18.5 Å². The summed E-state index contributed by atoms with van der Waals surface area (Å²) >= 11 is 0. The Labute approximate surface area is 153 Å². The summed E-state index contributed by atoms with van der Waals surface area (Å²) in [6, 6.07) is 14.0. The van der Waals surface area contributed by atoms with Gasteiger partial charge in [-0.2, -0.15) is 0 Å². The maximum absolute atomic E-state index is 13.3. The summed E-state index contributed by atoms with van der Waals surface area (Å²) in [5, 5.41) is 12.1. The van der Waals surface area contributed by atoms with Crippen molar-refractivity contribution >= 4 is 37.5 Å². The Morgan fingerprint density at radius 3 is 2.52 bits per heavy atom. The number of hydrogen-bond acceptors (Lipinski definition) is 6. The van der Waals surface area contributed by atoms with Crippen LogP contribution < -0.4 is 4.74 Å². The molecule has 1 heterocycles. The highest BCUT2D eigenvalue weighted by atomic mass is 32.2. The zero-order chi connectivity index (χ0) is 19.2. The first-order valence-corrected chi connectivity index (χ1v) is 9.30. The maximum Gasteiger partial charge on any atom is 0.271 e. The molecule has 0 spiro atoms. The van der Waals surface area contributed by atoms with Gasteiger partial charge < -0.3 is 4.74 Å². The Balaban J connectivity index is 1.96. The van der Waals surface area contributed by atoms with Crippen LogP contribution in [0.2, 0.25) is 0 Å². The molecule has 1 aromatic heterocycles. The minimum absolute atomic E-state index is 0.0940. The van der Waals surface area contributed by atoms with Crippen molar-refractivity contribution in [1.82, 2.24) is 8.96 Å². The molecule has 4 aromatic rings. The summed E-state index contributed by atoms with van der Waals surface area (Å²) in [6.45, 7) is 0. The van der Waals surface area contributed by atoms with E-state index in [1.54, 1.807) is 30.3 Å². The molecule has 0 bridgehead atoms. The first kappa shape index (κ1) is 17.0. The molecule has 0 aliphatic rings. The predicted octanol–water partition coefficient (Wildman–Crippen LogP) is 3.34. The number of benzene rings is 3. The summed E-state index contributed by atoms with van der Waals surface area (Å²) in [5.41, 5.74) is 0.339. The van der Waals surface area contributed by atoms with Crippen LogP contribution in [0, 0.1) is 10.1 Å². The van der Waals surface area contributed by atoms with Crippen molar-refractivity contribution < 1.29 is 18.1 Å². The van der Waals surface area contributed by atoms with Crippen LogP contribution in [0.5, 0.6) is 5.75 Å². The number of nitro benzene ring substituents is 1. The lowest BCUT2D eigenvalue weighted by Gasteiger charge is -2.12. The van der Waals surface area contributed by atoms with Crippen molar-refractivity contribution in [1.29, 1.82) is 0 Å². The van der Waals surface area contributed by atoms with Gasteiger partial charge in [-0.3, -0.25) is 10.1 Å². The van der Waals surface area contributed by atoms with Crippen LogP contribution in [0.25, 0.3) is 21.8 Å². The monoisotopic (exact) mass is 383 g/mol. The third-order valence-electron chi connectivity index (χ3n) is 4.31. The molecule has 9 heteroatoms. The zero-order valence-electron chi connectivity index (χ0n) is 14.1. The number of imidazole rings is 1. The van der Waals surface area contributed by atoms with Crippen molar-refractivity contribution in [2.75, 3.05) is 7.11 Å². The SMILES string of the molecule is COc1ccc(S(=O)(=O)n2cnc3cc([N+](=O)[O-])ccc32)c2ccccc12. The number of nitro groups is 1. The Kier molecular flexibility index (Phi) is 3.81. The normalized spacial score (nSPS) is 11.7. The van der Waals surface area contributed by atoms with E-state index in [-0.39, 0.29) is 21.6 Å². The van der Waals surface area contributed by atoms with E-state index in [4.69, 9.17) is 4.74 Å². The lowest BCUT2D eigenvalue weighted by atomic mass is 10.1. The van der Waals surface area contributed by atoms with Gasteiger partial charge in [0.15, 0.2) is 0 Å². The van der Waals surface area contributed by atoms with Crippen LogP contribution in [-0.2, 0) is 10.0 Å². The number of non-ortho nitro benzene ring substituents is 1. The van der Waals surface area contributed by atoms with Gasteiger partial charge >= 0.3 is 0 Å². The first-order chi connectivity index (χ1) is 12.9. The molecule has 0 aliphatic heterocycles. The molecule has 8 nitrogen and oxygen atoms in total. The first-order valence-electron chi connectivity index (χ1n) is 7.86. The average molecular weight is 383 g/mol. The standard InChI is InChI=1S/C18H13N3O5S/c1-26-17-8-9-18(14-5-3-2-4-13(14)17)27(24,25)20-11-19-15-10-12(21(22)23)6-7-16(15)20/h2-11H,1H3. The molecule has 4 rings (SSSR count). The maximum atomic E-state index is 13.3. The minimum atomic E-state index is -3.98. The number of methoxy groups -OCH3 is 1. The fraction of sp³-hybridized carbons (Fsp3) is 0.0556. The Morgan fingerprint density at radius 2 is 1.81 bits per heavy atom. The molecule has 0 saturated carbocycles. The highest BCUT2D eigenvalue weighted by Crippen LogP contribution is 2.33. The third kappa shape index (κ3) is 2.59. The third-order valence-corrected chi connectivity index (χ3v) is 6.03. The number of nitrogens with zero attached hydrogens (tertiary/aromatic N) is 3. The number of rotatable bonds is 4. The Morgan fingerprint density at radius 1 is 1.07 bits per heavy atom. The highest BCUT2D eigenvalue weighted by molar-refractivity contribution is 7.90. The van der Waals surface area contributed by atoms with Crippen molar-refractivity contribution in [3.05, 3.63) is 71.0 Å². The summed E-state index contributed by atoms with van der Waals surface area (Å²) in [7, 11) is -2.46. The summed E-state index contributed by atoms with van der Waals surface area (Å²) in [4.78, 5) is 14.5. The largest absolute Gasteiger partial charge is 0.496 e. The number of fused-ring (bicyclic) bond motifs is 2. The summed E-state index contributed by atoms with van der Waals surface area (Å²) < 4.78 is 32.9. The molecular formula is C18H13N3O5S. The molecule has 0 aliphatic carbocycles. The summed E-state index contributed by atoms with van der Waals surface area (Å²) in [5.74, 6) is 0.565. The van der Waals surface area contributed by atoms with Gasteiger partial charge in [-0.05, 0) is 18.2 Å². The van der Waals surface area contributed by atoms with Crippen molar-refractivity contribution in [2.45, 2.75) is 4.90 Å². The molecule has 0 unspecified atom stereocenters. The van der Waals surface area contributed by atoms with Crippen LogP contribution in [0.1, 0.15) is 0 Å². The van der Waals surface area contributed by atoms with Gasteiger partial charge in [-0.25, -0.2) is 17.4 Å². The second-order valence-electron chi connectivity index (χ2n) is 5.79. The molecule has 27 heavy (non-hydrogen) atoms. The number of hydrogen-bond donors (Lipinski definition) is 0. The second-order valence-corrected chi connectivity index (χ2v) is 7.57. The molecule has 0 fully saturated rings. The molecule has 0 radical (unpaired) electrons. The van der Waals surface area contributed by atoms with Crippen LogP contribution in [0.4, 0.5) is 5.69 Å². The van der Waals surface area contributed by atoms with Gasteiger partial charge in [-0.1, -0.05) is 24.3 Å². The van der Waals surface area contributed by atoms with Gasteiger partial charge in [-0.15, -0.1) is 0 Å². The highest BCUT2D eigenvalue weighted by Gasteiger charge is 2.24. The van der Waals surface area contributed by atoms with E-state index in [0.29, 0.717) is 16.5 Å². The minimum Gasteiger partial charge on any atom is -0.496 e. The fourth-order valence-electron chi connectivity index (χ4n) is 3.04. The molecular weight excluding hydrogens is 370 g/mol. The van der Waals surface area contributed by atoms with Gasteiger partial charge in [0.1, 0.15) is 12.1 Å². The smallest absolute Gasteiger partial charge is 0.271 e. The van der Waals surface area contributed by atoms with Crippen LogP contribution in [0.15, 0.2) is 65.8 Å². The van der Waals surface area contributed by atoms with Crippen LogP contribution in [0.3, 0.4) is 0 Å². The topological polar surface area (TPSA) is 104 Å². The van der Waals surface area contributed by atoms with Gasteiger partial charge in [0, 0.05) is 22.9 Å². The second kappa shape index (κ2) is 6.06. The number of ether oxygens (including phenoxy) is 1. The lowest BCUT2D eigenvalue weighted by Crippen LogP contribution is -2.12. The van der Waals surface area contributed by atoms with E-state index >= 15 is 0 Å². The Bertz CT molecular complexity index is 1310. The van der Waals surface area contributed by atoms with Crippen molar-refractivity contribution in [2.24, 2.45) is 0 Å². The van der Waals surface area contributed by atoms with Gasteiger partial charge in [0.2, 0.25) is 0 Å². The van der Waals surface area contributed by atoms with E-state index in [0.717, 1.165) is 10.3 Å². The van der Waals surface area contributed by atoms with E-state index in [1.165, 1.54) is 31.4 Å². The molecule has 0 atom stereocenters. The molecule has 136 valence electrons. The van der Waals surface area contributed by atoms with E-state index in [1.807, 2.05) is 0 Å². The average Bonchev–Trinajstić information content (AvgIpc) is 3.11. The quantitative estimate of drug-likeness (QED) is 0.395. The fourth-order valence-corrected chi connectivity index (χ4v) is 4.53. The van der Waals surface area contributed by atoms with Crippen molar-refractivity contribution in [3.8, 4) is 5.75 Å². The molecule has 3 aromatic carbocycles. The number of aromatic nitrogens is 2. The van der Waals surface area contributed by atoms with Crippen LogP contribution in [-0.4, -0.2) is 29.4 Å². The van der Waals surface area contributed by atoms with Crippen molar-refractivity contribution in [3.63, 3.8) is 0 Å². The molecule has 0 saturated heterocycles. The van der Waals surface area contributed by atoms with E-state index in [2.05, 4.69) is 4.98 Å².